The van der Waals surface area contributed by atoms with E-state index in [-0.39, 0.29) is 18.7 Å². The lowest BCUT2D eigenvalue weighted by atomic mass is 10.0. The Morgan fingerprint density at radius 3 is 2.47 bits per heavy atom. The van der Waals surface area contributed by atoms with Crippen molar-refractivity contribution in [3.63, 3.8) is 0 Å². The van der Waals surface area contributed by atoms with Gasteiger partial charge in [0.15, 0.2) is 0 Å². The van der Waals surface area contributed by atoms with Gasteiger partial charge in [0.25, 0.3) is 5.56 Å². The van der Waals surface area contributed by atoms with Crippen LogP contribution in [0.4, 0.5) is 0 Å². The van der Waals surface area contributed by atoms with Gasteiger partial charge in [-0.1, -0.05) is 48.5 Å². The van der Waals surface area contributed by atoms with Crippen molar-refractivity contribution in [2.24, 2.45) is 0 Å². The van der Waals surface area contributed by atoms with Crippen LogP contribution in [0, 0.1) is 20.8 Å². The van der Waals surface area contributed by atoms with E-state index < -0.39 is 6.10 Å². The van der Waals surface area contributed by atoms with Crippen molar-refractivity contribution in [2.45, 2.75) is 33.4 Å². The van der Waals surface area contributed by atoms with Crippen LogP contribution in [0.1, 0.15) is 16.0 Å². The summed E-state index contributed by atoms with van der Waals surface area (Å²) < 4.78 is 7.31. The minimum Gasteiger partial charge on any atom is -0.490 e. The van der Waals surface area contributed by atoms with E-state index in [1.54, 1.807) is 0 Å². The first-order valence-corrected chi connectivity index (χ1v) is 10.7. The van der Waals surface area contributed by atoms with Gasteiger partial charge in [-0.25, -0.2) is 4.98 Å². The average molecular weight is 421 g/mol. The Morgan fingerprint density at radius 1 is 1.07 bits per heavy atom. The number of hydrogen-bond acceptors (Lipinski definition) is 5. The van der Waals surface area contributed by atoms with Crippen LogP contribution < -0.4 is 10.3 Å². The van der Waals surface area contributed by atoms with E-state index in [1.165, 1.54) is 22.2 Å². The Balaban J connectivity index is 1.61. The zero-order chi connectivity index (χ0) is 21.3. The van der Waals surface area contributed by atoms with Gasteiger partial charge in [0, 0.05) is 10.4 Å². The van der Waals surface area contributed by atoms with Gasteiger partial charge in [-0.15, -0.1) is 11.3 Å². The van der Waals surface area contributed by atoms with Gasteiger partial charge in [-0.2, -0.15) is 0 Å². The molecule has 0 bridgehead atoms. The monoisotopic (exact) mass is 420 g/mol. The smallest absolute Gasteiger partial charge is 0.262 e. The summed E-state index contributed by atoms with van der Waals surface area (Å²) in [4.78, 5) is 19.5. The largest absolute Gasteiger partial charge is 0.490 e. The summed E-state index contributed by atoms with van der Waals surface area (Å²) in [5.74, 6) is 0.775. The van der Waals surface area contributed by atoms with Gasteiger partial charge in [0.05, 0.1) is 18.3 Å². The summed E-state index contributed by atoms with van der Waals surface area (Å²) in [7, 11) is 0. The van der Waals surface area contributed by atoms with E-state index >= 15 is 0 Å². The molecule has 5 nitrogen and oxygen atoms in total. The molecule has 0 aliphatic carbocycles. The summed E-state index contributed by atoms with van der Waals surface area (Å²) in [6.07, 6.45) is 0.679. The molecule has 0 spiro atoms. The normalized spacial score (nSPS) is 12.3. The molecule has 30 heavy (non-hydrogen) atoms. The number of aromatic nitrogens is 2. The maximum atomic E-state index is 13.2. The lowest BCUT2D eigenvalue weighted by molar-refractivity contribution is 0.0908. The molecule has 2 aromatic carbocycles. The third-order valence-electron chi connectivity index (χ3n) is 5.15. The van der Waals surface area contributed by atoms with Crippen LogP contribution in [0.25, 0.3) is 21.3 Å². The van der Waals surface area contributed by atoms with Gasteiger partial charge < -0.3 is 9.84 Å². The number of aryl methyl sites for hydroxylation is 3. The molecule has 2 heterocycles. The molecular weight excluding hydrogens is 396 g/mol. The molecule has 0 fully saturated rings. The van der Waals surface area contributed by atoms with E-state index in [0.717, 1.165) is 32.9 Å². The molecule has 1 N–H and O–H groups in total. The highest BCUT2D eigenvalue weighted by atomic mass is 32.1. The zero-order valence-electron chi connectivity index (χ0n) is 17.3. The summed E-state index contributed by atoms with van der Waals surface area (Å²) in [6, 6.07) is 15.8. The molecule has 4 rings (SSSR count). The molecule has 0 saturated carbocycles. The third-order valence-corrected chi connectivity index (χ3v) is 6.17. The fourth-order valence-corrected chi connectivity index (χ4v) is 4.71. The number of fused-ring (bicyclic) bond motifs is 1. The first-order chi connectivity index (χ1) is 14.5. The van der Waals surface area contributed by atoms with Crippen molar-refractivity contribution in [1.82, 2.24) is 9.55 Å². The van der Waals surface area contributed by atoms with Gasteiger partial charge in [-0.05, 0) is 37.5 Å². The molecule has 0 unspecified atom stereocenters. The fraction of sp³-hybridized carbons (Fsp3) is 0.250. The molecule has 4 aromatic rings. The highest BCUT2D eigenvalue weighted by Crippen LogP contribution is 2.35. The molecular formula is C24H24N2O3S. The Kier molecular flexibility index (Phi) is 5.70. The molecule has 0 aliphatic heterocycles. The van der Waals surface area contributed by atoms with E-state index in [4.69, 9.17) is 4.74 Å². The van der Waals surface area contributed by atoms with Crippen molar-refractivity contribution in [2.75, 3.05) is 6.61 Å². The Labute approximate surface area is 179 Å². The Hall–Kier alpha value is -2.96. The lowest BCUT2D eigenvalue weighted by Gasteiger charge is -2.16. The molecule has 0 radical (unpaired) electrons. The van der Waals surface area contributed by atoms with Gasteiger partial charge in [0.1, 0.15) is 23.3 Å². The second kappa shape index (κ2) is 8.42. The topological polar surface area (TPSA) is 64.3 Å². The minimum atomic E-state index is -0.833. The SMILES string of the molecule is Cc1cccc(C)c1OC[C@H](O)Cn1cnc2sc(C)c(-c3ccccc3)c2c1=O. The van der Waals surface area contributed by atoms with Crippen LogP contribution in [0.15, 0.2) is 59.7 Å². The average Bonchev–Trinajstić information content (AvgIpc) is 3.07. The van der Waals surface area contributed by atoms with Crippen LogP contribution in [-0.4, -0.2) is 27.4 Å². The van der Waals surface area contributed by atoms with Crippen LogP contribution >= 0.6 is 11.3 Å². The van der Waals surface area contributed by atoms with E-state index in [1.807, 2.05) is 69.3 Å². The number of aliphatic hydroxyl groups is 1. The van der Waals surface area contributed by atoms with E-state index in [9.17, 15) is 9.90 Å². The van der Waals surface area contributed by atoms with E-state index in [0.29, 0.717) is 10.2 Å². The number of rotatable bonds is 6. The number of nitrogens with zero attached hydrogens (tertiary/aromatic N) is 2. The summed E-state index contributed by atoms with van der Waals surface area (Å²) in [5.41, 5.74) is 3.81. The van der Waals surface area contributed by atoms with Crippen molar-refractivity contribution < 1.29 is 9.84 Å². The highest BCUT2D eigenvalue weighted by Gasteiger charge is 2.18. The maximum Gasteiger partial charge on any atom is 0.262 e. The van der Waals surface area contributed by atoms with Crippen molar-refractivity contribution in [3.05, 3.63) is 81.2 Å². The molecule has 0 aliphatic rings. The number of aliphatic hydroxyl groups excluding tert-OH is 1. The first-order valence-electron chi connectivity index (χ1n) is 9.86. The predicted molar refractivity (Wildman–Crippen MR) is 121 cm³/mol. The van der Waals surface area contributed by atoms with Crippen molar-refractivity contribution in [3.8, 4) is 16.9 Å². The Morgan fingerprint density at radius 2 is 1.77 bits per heavy atom. The number of hydrogen-bond donors (Lipinski definition) is 1. The summed E-state index contributed by atoms with van der Waals surface area (Å²) >= 11 is 1.51. The second-order valence-corrected chi connectivity index (χ2v) is 8.67. The van der Waals surface area contributed by atoms with Gasteiger partial charge in [-0.3, -0.25) is 9.36 Å². The fourth-order valence-electron chi connectivity index (χ4n) is 3.71. The number of ether oxygens (including phenoxy) is 1. The van der Waals surface area contributed by atoms with Crippen LogP contribution in [0.3, 0.4) is 0 Å². The number of para-hydroxylation sites is 1. The third kappa shape index (κ3) is 3.88. The van der Waals surface area contributed by atoms with Gasteiger partial charge >= 0.3 is 0 Å². The van der Waals surface area contributed by atoms with Crippen molar-refractivity contribution in [1.29, 1.82) is 0 Å². The Bertz CT molecular complexity index is 1220. The number of thiophene rings is 1. The molecule has 1 atom stereocenters. The maximum absolute atomic E-state index is 13.2. The molecule has 0 amide bonds. The second-order valence-electron chi connectivity index (χ2n) is 7.47. The van der Waals surface area contributed by atoms with E-state index in [2.05, 4.69) is 4.98 Å². The summed E-state index contributed by atoms with van der Waals surface area (Å²) in [6.45, 7) is 6.17. The standard InChI is InChI=1S/C24H24N2O3S/c1-15-8-7-9-16(2)22(15)29-13-19(27)12-26-14-25-23-21(24(26)28)20(17(3)30-23)18-10-5-4-6-11-18/h4-11,14,19,27H,12-13H2,1-3H3/t19-/m1/s1. The molecule has 0 saturated heterocycles. The predicted octanol–water partition coefficient (Wildman–Crippen LogP) is 4.49. The van der Waals surface area contributed by atoms with Crippen LogP contribution in [-0.2, 0) is 6.54 Å². The summed E-state index contributed by atoms with van der Waals surface area (Å²) in [5, 5.41) is 11.1. The van der Waals surface area contributed by atoms with Crippen molar-refractivity contribution >= 4 is 21.6 Å². The minimum absolute atomic E-state index is 0.102. The molecule has 6 heteroatoms. The number of benzene rings is 2. The molecule has 2 aromatic heterocycles. The van der Waals surface area contributed by atoms with Crippen LogP contribution in [0.5, 0.6) is 5.75 Å². The van der Waals surface area contributed by atoms with Crippen LogP contribution in [0.2, 0.25) is 0 Å². The lowest BCUT2D eigenvalue weighted by Crippen LogP contribution is -2.30. The van der Waals surface area contributed by atoms with Gasteiger partial charge in [0.2, 0.25) is 0 Å². The first kappa shape index (κ1) is 20.3. The quantitative estimate of drug-likeness (QED) is 0.499. The molecule has 154 valence electrons. The zero-order valence-corrected chi connectivity index (χ0v) is 18.1. The highest BCUT2D eigenvalue weighted by molar-refractivity contribution is 7.19.